The van der Waals surface area contributed by atoms with E-state index in [2.05, 4.69) is 33.9 Å². The Kier molecular flexibility index (Phi) is 9.34. The van der Waals surface area contributed by atoms with Crippen molar-refractivity contribution in [2.75, 3.05) is 0 Å². The number of carbonyl (C=O) groups is 2. The lowest BCUT2D eigenvalue weighted by Gasteiger charge is -2.36. The Morgan fingerprint density at radius 2 is 1.64 bits per heavy atom. The number of hydrogen-bond donors (Lipinski definition) is 0. The Morgan fingerprint density at radius 1 is 1.14 bits per heavy atom. The molecule has 1 aliphatic rings. The highest BCUT2D eigenvalue weighted by Gasteiger charge is 2.33. The Labute approximate surface area is 139 Å². The van der Waals surface area contributed by atoms with Crippen LogP contribution in [0.2, 0.25) is 0 Å². The van der Waals surface area contributed by atoms with Crippen molar-refractivity contribution in [3.05, 3.63) is 24.3 Å². The molecule has 0 aliphatic heterocycles. The first-order valence-corrected chi connectivity index (χ1v) is 8.15. The van der Waals surface area contributed by atoms with Crippen LogP contribution in [0.3, 0.4) is 0 Å². The lowest BCUT2D eigenvalue weighted by Crippen LogP contribution is -2.35. The van der Waals surface area contributed by atoms with Crippen LogP contribution in [-0.4, -0.2) is 17.3 Å². The Bertz CT molecular complexity index is 414. The molecule has 126 valence electrons. The van der Waals surface area contributed by atoms with Gasteiger partial charge in [0.25, 0.3) is 0 Å². The zero-order valence-electron chi connectivity index (χ0n) is 14.4. The van der Waals surface area contributed by atoms with Crippen molar-refractivity contribution in [2.24, 2.45) is 17.8 Å². The average molecular weight is 329 g/mol. The molecule has 1 aliphatic carbocycles. The molecule has 1 fully saturated rings. The number of hydrogen-bond acceptors (Lipinski definition) is 3. The molecule has 0 spiro atoms. The molecule has 22 heavy (non-hydrogen) atoms. The largest absolute Gasteiger partial charge is 0.459 e. The summed E-state index contributed by atoms with van der Waals surface area (Å²) in [7, 11) is 0. The van der Waals surface area contributed by atoms with Gasteiger partial charge in [0.1, 0.15) is 6.10 Å². The zero-order chi connectivity index (χ0) is 17.4. The second kappa shape index (κ2) is 9.83. The Balaban J connectivity index is 0.000000626. The summed E-state index contributed by atoms with van der Waals surface area (Å²) in [5, 5.41) is -0.463. The third-order valence-electron chi connectivity index (χ3n) is 3.90. The van der Waals surface area contributed by atoms with E-state index in [1.165, 1.54) is 12.8 Å². The Morgan fingerprint density at radius 3 is 2.00 bits per heavy atom. The van der Waals surface area contributed by atoms with Crippen molar-refractivity contribution in [3.8, 4) is 0 Å². The van der Waals surface area contributed by atoms with Crippen LogP contribution < -0.4 is 0 Å². The maximum atomic E-state index is 11.6. The monoisotopic (exact) mass is 328 g/mol. The summed E-state index contributed by atoms with van der Waals surface area (Å²) < 4.78 is 5.56. The fourth-order valence-electron chi connectivity index (χ4n) is 2.49. The molecule has 0 amide bonds. The molecule has 3 nitrogen and oxygen atoms in total. The fourth-order valence-corrected chi connectivity index (χ4v) is 2.49. The van der Waals surface area contributed by atoms with E-state index in [0.29, 0.717) is 28.9 Å². The number of rotatable bonds is 4. The van der Waals surface area contributed by atoms with Crippen molar-refractivity contribution in [2.45, 2.75) is 60.0 Å². The van der Waals surface area contributed by atoms with Crippen LogP contribution in [0.4, 0.5) is 0 Å². The summed E-state index contributed by atoms with van der Waals surface area (Å²) in [4.78, 5) is 21.4. The van der Waals surface area contributed by atoms with Gasteiger partial charge in [0, 0.05) is 11.1 Å². The summed E-state index contributed by atoms with van der Waals surface area (Å²) in [6, 6.07) is 0. The number of ether oxygens (including phenoxy) is 1. The minimum atomic E-state index is -0.463. The van der Waals surface area contributed by atoms with Gasteiger partial charge in [-0.15, -0.1) is 0 Å². The van der Waals surface area contributed by atoms with Crippen molar-refractivity contribution < 1.29 is 14.3 Å². The summed E-state index contributed by atoms with van der Waals surface area (Å²) in [5.74, 6) is 1.53. The second-order valence-corrected chi connectivity index (χ2v) is 6.95. The molecule has 1 saturated carbocycles. The summed E-state index contributed by atoms with van der Waals surface area (Å²) in [6.45, 7) is 16.8. The molecule has 0 saturated heterocycles. The van der Waals surface area contributed by atoms with Crippen molar-refractivity contribution >= 4 is 22.8 Å². The van der Waals surface area contributed by atoms with Gasteiger partial charge in [0.05, 0.1) is 0 Å². The molecular formula is C18H29ClO3. The van der Waals surface area contributed by atoms with E-state index < -0.39 is 5.24 Å². The van der Waals surface area contributed by atoms with Crippen LogP contribution in [0.1, 0.15) is 53.9 Å². The van der Waals surface area contributed by atoms with E-state index in [-0.39, 0.29) is 12.1 Å². The van der Waals surface area contributed by atoms with Crippen LogP contribution >= 0.6 is 11.6 Å². The van der Waals surface area contributed by atoms with Gasteiger partial charge in [0.15, 0.2) is 0 Å². The average Bonchev–Trinajstić information content (AvgIpc) is 2.38. The molecule has 0 radical (unpaired) electrons. The Hall–Kier alpha value is -1.09. The third-order valence-corrected chi connectivity index (χ3v) is 4.23. The minimum Gasteiger partial charge on any atom is -0.459 e. The third kappa shape index (κ3) is 7.79. The number of esters is 1. The van der Waals surface area contributed by atoms with Gasteiger partial charge in [-0.1, -0.05) is 40.3 Å². The number of carbonyl (C=O) groups excluding carboxylic acids is 2. The highest BCUT2D eigenvalue weighted by Crippen LogP contribution is 2.35. The van der Waals surface area contributed by atoms with Gasteiger partial charge < -0.3 is 4.74 Å². The highest BCUT2D eigenvalue weighted by molar-refractivity contribution is 6.67. The van der Waals surface area contributed by atoms with Gasteiger partial charge in [-0.25, -0.2) is 4.79 Å². The van der Waals surface area contributed by atoms with Crippen LogP contribution in [0.25, 0.3) is 0 Å². The van der Waals surface area contributed by atoms with E-state index in [1.54, 1.807) is 13.8 Å². The molecule has 0 N–H and O–H groups in total. The minimum absolute atomic E-state index is 0.0907. The normalized spacial score (nSPS) is 24.0. The summed E-state index contributed by atoms with van der Waals surface area (Å²) in [6.07, 6.45) is 3.52. The van der Waals surface area contributed by atoms with Crippen molar-refractivity contribution in [1.82, 2.24) is 0 Å². The molecule has 0 aromatic heterocycles. The van der Waals surface area contributed by atoms with Crippen LogP contribution in [0, 0.1) is 17.8 Å². The fraction of sp³-hybridized carbons (Fsp3) is 0.667. The molecule has 4 heteroatoms. The van der Waals surface area contributed by atoms with Crippen LogP contribution in [0.15, 0.2) is 24.3 Å². The van der Waals surface area contributed by atoms with E-state index in [9.17, 15) is 9.59 Å². The second-order valence-electron chi connectivity index (χ2n) is 6.60. The maximum Gasteiger partial charge on any atom is 0.333 e. The lowest BCUT2D eigenvalue weighted by atomic mass is 9.75. The van der Waals surface area contributed by atoms with Gasteiger partial charge >= 0.3 is 5.97 Å². The molecule has 0 aromatic rings. The van der Waals surface area contributed by atoms with E-state index in [0.717, 1.165) is 6.42 Å². The molecule has 1 rings (SSSR count). The number of allylic oxidation sites excluding steroid dienone is 1. The van der Waals surface area contributed by atoms with Crippen molar-refractivity contribution in [1.29, 1.82) is 0 Å². The van der Waals surface area contributed by atoms with E-state index in [4.69, 9.17) is 16.3 Å². The highest BCUT2D eigenvalue weighted by atomic mass is 35.5. The van der Waals surface area contributed by atoms with Crippen molar-refractivity contribution in [3.63, 3.8) is 0 Å². The standard InChI is InChI=1S/C14H24O2.C4H5ClO/c1-9(2)12-7-6-11(5)8-13(12)16-14(15)10(3)4;1-3(2)4(5)6/h9,11-13H,3,6-8H2,1-2,4-5H3;1H2,2H3/t11-,12+,13-;/m1./s1. The lowest BCUT2D eigenvalue weighted by molar-refractivity contribution is -0.151. The van der Waals surface area contributed by atoms with Gasteiger partial charge in [-0.3, -0.25) is 4.79 Å². The SMILES string of the molecule is C=C(C)C(=O)Cl.C=C(C)C(=O)O[C@@H]1C[C@H](C)CC[C@H]1C(C)C. The molecule has 0 aromatic carbocycles. The zero-order valence-corrected chi connectivity index (χ0v) is 15.2. The number of halogens is 1. The molecule has 3 atom stereocenters. The van der Waals surface area contributed by atoms with Crippen LogP contribution in [-0.2, 0) is 14.3 Å². The van der Waals surface area contributed by atoms with E-state index >= 15 is 0 Å². The maximum absolute atomic E-state index is 11.6. The first kappa shape index (κ1) is 20.9. The first-order valence-electron chi connectivity index (χ1n) is 7.78. The first-order chi connectivity index (χ1) is 10.1. The molecule has 0 unspecified atom stereocenters. The molecule has 0 bridgehead atoms. The summed E-state index contributed by atoms with van der Waals surface area (Å²) >= 11 is 4.87. The van der Waals surface area contributed by atoms with Gasteiger partial charge in [0.2, 0.25) is 5.24 Å². The van der Waals surface area contributed by atoms with Crippen LogP contribution in [0.5, 0.6) is 0 Å². The van der Waals surface area contributed by atoms with Gasteiger partial charge in [-0.2, -0.15) is 0 Å². The predicted molar refractivity (Wildman–Crippen MR) is 91.7 cm³/mol. The quantitative estimate of drug-likeness (QED) is 0.419. The molecular weight excluding hydrogens is 300 g/mol. The van der Waals surface area contributed by atoms with E-state index in [1.807, 2.05) is 0 Å². The molecule has 0 heterocycles. The smallest absolute Gasteiger partial charge is 0.333 e. The topological polar surface area (TPSA) is 43.4 Å². The predicted octanol–water partition coefficient (Wildman–Crippen LogP) is 4.89. The summed E-state index contributed by atoms with van der Waals surface area (Å²) in [5.41, 5.74) is 0.886. The van der Waals surface area contributed by atoms with Gasteiger partial charge in [-0.05, 0) is 56.0 Å².